The molecule has 0 saturated carbocycles. The minimum Gasteiger partial charge on any atom is -0.381 e. The first-order chi connectivity index (χ1) is 26.9. The zero-order chi connectivity index (χ0) is 39.5. The monoisotopic (exact) mass is 763 g/mol. The van der Waals surface area contributed by atoms with Gasteiger partial charge in [-0.2, -0.15) is 0 Å². The van der Waals surface area contributed by atoms with Crippen molar-refractivity contribution in [2.75, 3.05) is 53.3 Å². The number of hydrogen-bond donors (Lipinski definition) is 2. The van der Waals surface area contributed by atoms with Crippen molar-refractivity contribution in [1.82, 2.24) is 4.98 Å². The molecule has 3 aliphatic rings. The van der Waals surface area contributed by atoms with E-state index in [0.717, 1.165) is 88.3 Å². The molecule has 3 aliphatic heterocycles. The fourth-order valence-corrected chi connectivity index (χ4v) is 9.68. The number of rotatable bonds is 6. The van der Waals surface area contributed by atoms with Crippen molar-refractivity contribution in [3.05, 3.63) is 99.3 Å². The van der Waals surface area contributed by atoms with Gasteiger partial charge in [0.05, 0.1) is 21.8 Å². The second-order valence-corrected chi connectivity index (χ2v) is 16.7. The van der Waals surface area contributed by atoms with Crippen molar-refractivity contribution in [3.63, 3.8) is 0 Å². The third kappa shape index (κ3) is 6.64. The summed E-state index contributed by atoms with van der Waals surface area (Å²) in [6, 6.07) is 16.2. The normalized spacial score (nSPS) is 15.7. The molecule has 5 aromatic rings. The molecule has 5 heterocycles. The minimum absolute atomic E-state index is 0.121. The van der Waals surface area contributed by atoms with Crippen molar-refractivity contribution in [3.8, 4) is 10.4 Å². The summed E-state index contributed by atoms with van der Waals surface area (Å²) in [6.45, 7) is 7.37. The van der Waals surface area contributed by atoms with E-state index in [4.69, 9.17) is 9.72 Å². The van der Waals surface area contributed by atoms with Gasteiger partial charge in [-0.05, 0) is 74.1 Å². The Hall–Kier alpha value is -5.13. The highest BCUT2D eigenvalue weighted by molar-refractivity contribution is 7.17. The summed E-state index contributed by atoms with van der Waals surface area (Å²) in [5, 5.41) is 5.99. The number of thiophene rings is 1. The molecule has 15 heteroatoms. The summed E-state index contributed by atoms with van der Waals surface area (Å²) >= 11 is 1.35. The number of ether oxygens (including phenoxy) is 1. The number of aromatic nitrogens is 1. The lowest BCUT2D eigenvalue weighted by Gasteiger charge is -2.53. The Morgan fingerprint density at radius 2 is 1.57 bits per heavy atom. The van der Waals surface area contributed by atoms with E-state index >= 15 is 0 Å². The van der Waals surface area contributed by atoms with Crippen LogP contribution >= 0.6 is 11.3 Å². The second-order valence-electron chi connectivity index (χ2n) is 15.6. The van der Waals surface area contributed by atoms with Gasteiger partial charge in [0.2, 0.25) is 0 Å². The first-order valence-electron chi connectivity index (χ1n) is 19.2. The van der Waals surface area contributed by atoms with Crippen LogP contribution in [0.1, 0.15) is 59.9 Å². The number of carbonyl (C=O) groups excluding carboxylic acids is 3. The van der Waals surface area contributed by atoms with Gasteiger partial charge in [0.1, 0.15) is 43.0 Å². The summed E-state index contributed by atoms with van der Waals surface area (Å²) in [5.41, 5.74) is 9.66. The lowest BCUT2D eigenvalue weighted by Crippen LogP contribution is -2.59. The van der Waals surface area contributed by atoms with E-state index in [1.165, 1.54) is 17.4 Å². The standard InChI is InChI=1S/C41H42B4FN5O4S/c1-21-16-25(37(47-18-21)50-19-41(20-50)11-14-55-15-12-41)38(52)49-35-32(44)30(42)29(31(43)33(35)45)40(54)51-13-10-23-17-28(56-36(23)24-7-3-4-9-27(24)51)39(53)48-34-22(2)6-5-8-26(34)46/h3-9,16-18H,10-15,19-20,42-45H2,1-2H3,(H,48,53)(H,49,52). The molecule has 2 N–H and O–H groups in total. The Kier molecular flexibility index (Phi) is 9.95. The number of anilines is 4. The topological polar surface area (TPSA) is 104 Å². The average molecular weight is 763 g/mol. The number of carbonyl (C=O) groups is 3. The van der Waals surface area contributed by atoms with Crippen LogP contribution < -0.4 is 42.3 Å². The zero-order valence-electron chi connectivity index (χ0n) is 32.7. The van der Waals surface area contributed by atoms with Crippen LogP contribution in [0, 0.1) is 25.1 Å². The molecule has 2 aromatic heterocycles. The number of aryl methyl sites for hydroxylation is 2. The summed E-state index contributed by atoms with van der Waals surface area (Å²) in [4.78, 5) is 52.4. The highest BCUT2D eigenvalue weighted by Gasteiger charge is 2.45. The van der Waals surface area contributed by atoms with Gasteiger partial charge in [-0.15, -0.1) is 11.3 Å². The first-order valence-corrected chi connectivity index (χ1v) is 20.0. The van der Waals surface area contributed by atoms with Crippen LogP contribution in [0.4, 0.5) is 27.3 Å². The molecule has 3 amide bonds. The highest BCUT2D eigenvalue weighted by Crippen LogP contribution is 2.43. The molecule has 280 valence electrons. The fraction of sp³-hybridized carbons (Fsp3) is 0.268. The van der Waals surface area contributed by atoms with Crippen molar-refractivity contribution < 1.29 is 23.5 Å². The van der Waals surface area contributed by atoms with Crippen molar-refractivity contribution >= 4 is 105 Å². The molecule has 0 atom stereocenters. The van der Waals surface area contributed by atoms with Gasteiger partial charge in [-0.25, -0.2) is 9.37 Å². The smallest absolute Gasteiger partial charge is 0.265 e. The summed E-state index contributed by atoms with van der Waals surface area (Å²) in [5.74, 6) is -0.500. The molecule has 9 nitrogen and oxygen atoms in total. The van der Waals surface area contributed by atoms with Crippen LogP contribution in [0.2, 0.25) is 0 Å². The fourth-order valence-electron chi connectivity index (χ4n) is 8.54. The molecule has 0 bridgehead atoms. The van der Waals surface area contributed by atoms with Gasteiger partial charge in [0.25, 0.3) is 17.7 Å². The SMILES string of the molecule is Bc1c(B)c(C(=O)N2CCc3cc(C(=O)Nc4c(C)cccc4F)sc3-c3ccccc32)c(B)c(B)c1NC(=O)c1cc(C)cnc1N1CC2(CCOCC2)C1. The average Bonchev–Trinajstić information content (AvgIpc) is 3.54. The Morgan fingerprint density at radius 1 is 0.875 bits per heavy atom. The van der Waals surface area contributed by atoms with E-state index in [-0.39, 0.29) is 28.8 Å². The number of nitrogens with one attached hydrogen (secondary N) is 2. The molecule has 3 aromatic carbocycles. The molecule has 2 saturated heterocycles. The van der Waals surface area contributed by atoms with Crippen LogP contribution in [0.5, 0.6) is 0 Å². The number of halogens is 1. The quantitative estimate of drug-likeness (QED) is 0.250. The number of para-hydroxylation sites is 2. The molecule has 8 rings (SSSR count). The van der Waals surface area contributed by atoms with E-state index in [1.54, 1.807) is 19.1 Å². The summed E-state index contributed by atoms with van der Waals surface area (Å²) in [7, 11) is 7.80. The van der Waals surface area contributed by atoms with E-state index < -0.39 is 5.82 Å². The summed E-state index contributed by atoms with van der Waals surface area (Å²) < 4.78 is 20.2. The third-order valence-corrected chi connectivity index (χ3v) is 13.2. The molecule has 2 fully saturated rings. The Bertz CT molecular complexity index is 2400. The predicted molar refractivity (Wildman–Crippen MR) is 235 cm³/mol. The number of hydrogen-bond acceptors (Lipinski definition) is 7. The molecule has 1 spiro atoms. The lowest BCUT2D eigenvalue weighted by atomic mass is 9.65. The predicted octanol–water partition coefficient (Wildman–Crippen LogP) is 0.924. The summed E-state index contributed by atoms with van der Waals surface area (Å²) in [6.07, 6.45) is 4.39. The van der Waals surface area contributed by atoms with Crippen molar-refractivity contribution in [2.24, 2.45) is 5.41 Å². The van der Waals surface area contributed by atoms with Crippen molar-refractivity contribution in [1.29, 1.82) is 0 Å². The largest absolute Gasteiger partial charge is 0.381 e. The van der Waals surface area contributed by atoms with Crippen molar-refractivity contribution in [2.45, 2.75) is 33.1 Å². The Balaban J connectivity index is 1.06. The molecule has 0 aliphatic carbocycles. The number of pyridine rings is 1. The maximum absolute atomic E-state index is 14.8. The first kappa shape index (κ1) is 37.8. The Labute approximate surface area is 334 Å². The van der Waals surface area contributed by atoms with E-state index in [0.29, 0.717) is 46.0 Å². The van der Waals surface area contributed by atoms with Crippen LogP contribution in [0.15, 0.2) is 60.8 Å². The molecule has 56 heavy (non-hydrogen) atoms. The highest BCUT2D eigenvalue weighted by atomic mass is 32.1. The van der Waals surface area contributed by atoms with Crippen LogP contribution in [-0.4, -0.2) is 86.9 Å². The van der Waals surface area contributed by atoms with Gasteiger partial charge >= 0.3 is 0 Å². The number of fused-ring (bicyclic) bond motifs is 3. The Morgan fingerprint density at radius 3 is 2.29 bits per heavy atom. The molecular weight excluding hydrogens is 721 g/mol. The van der Waals surface area contributed by atoms with Crippen LogP contribution in [0.25, 0.3) is 10.4 Å². The minimum atomic E-state index is -0.481. The van der Waals surface area contributed by atoms with Gasteiger partial charge in [-0.1, -0.05) is 52.2 Å². The van der Waals surface area contributed by atoms with Gasteiger partial charge in [0.15, 0.2) is 0 Å². The van der Waals surface area contributed by atoms with E-state index in [2.05, 4.69) is 15.5 Å². The van der Waals surface area contributed by atoms with Gasteiger partial charge in [0, 0.05) is 66.2 Å². The molecular formula is C41H42B4FN5O4S. The lowest BCUT2D eigenvalue weighted by molar-refractivity contribution is -0.000511. The molecule has 0 radical (unpaired) electrons. The second kappa shape index (κ2) is 14.7. The number of benzene rings is 3. The number of amides is 3. The maximum Gasteiger partial charge on any atom is 0.265 e. The van der Waals surface area contributed by atoms with Crippen LogP contribution in [0.3, 0.4) is 0 Å². The zero-order valence-corrected chi connectivity index (χ0v) is 33.5. The van der Waals surface area contributed by atoms with E-state index in [9.17, 15) is 18.8 Å². The van der Waals surface area contributed by atoms with Gasteiger partial charge in [-0.3, -0.25) is 14.4 Å². The van der Waals surface area contributed by atoms with Gasteiger partial charge < -0.3 is 25.2 Å². The van der Waals surface area contributed by atoms with E-state index in [1.807, 2.05) is 85.8 Å². The third-order valence-electron chi connectivity index (χ3n) is 12.0. The number of nitrogens with zero attached hydrogens (tertiary/aromatic N) is 3. The maximum atomic E-state index is 14.8. The van der Waals surface area contributed by atoms with Crippen LogP contribution in [-0.2, 0) is 11.2 Å². The molecule has 0 unspecified atom stereocenters.